The van der Waals surface area contributed by atoms with Crippen molar-refractivity contribution < 1.29 is 4.79 Å². The van der Waals surface area contributed by atoms with Crippen molar-refractivity contribution in [2.75, 3.05) is 0 Å². The second-order valence-corrected chi connectivity index (χ2v) is 4.75. The lowest BCUT2D eigenvalue weighted by Crippen LogP contribution is -2.23. The maximum absolute atomic E-state index is 11.6. The molecule has 2 rings (SSSR count). The van der Waals surface area contributed by atoms with Crippen molar-refractivity contribution in [2.24, 2.45) is 0 Å². The fourth-order valence-electron chi connectivity index (χ4n) is 1.05. The summed E-state index contributed by atoms with van der Waals surface area (Å²) in [4.78, 5) is 19.8. The van der Waals surface area contributed by atoms with Gasteiger partial charge in [-0.1, -0.05) is 11.3 Å². The number of nitrogens with zero attached hydrogens (tertiary/aromatic N) is 4. The summed E-state index contributed by atoms with van der Waals surface area (Å²) in [7, 11) is 0. The summed E-state index contributed by atoms with van der Waals surface area (Å²) in [5.74, 6) is -0.322. The van der Waals surface area contributed by atoms with E-state index < -0.39 is 0 Å². The van der Waals surface area contributed by atoms with Crippen molar-refractivity contribution in [2.45, 2.75) is 13.5 Å². The highest BCUT2D eigenvalue weighted by Crippen LogP contribution is 2.14. The Morgan fingerprint density at radius 3 is 2.82 bits per heavy atom. The van der Waals surface area contributed by atoms with Crippen molar-refractivity contribution in [3.63, 3.8) is 0 Å². The summed E-state index contributed by atoms with van der Waals surface area (Å²) >= 11 is 6.61. The highest BCUT2D eigenvalue weighted by molar-refractivity contribution is 7.17. The number of carbonyl (C=O) groups excluding carboxylic acids is 1. The van der Waals surface area contributed by atoms with E-state index in [-0.39, 0.29) is 15.4 Å². The Morgan fingerprint density at radius 2 is 2.24 bits per heavy atom. The van der Waals surface area contributed by atoms with Gasteiger partial charge in [0.15, 0.2) is 0 Å². The predicted molar refractivity (Wildman–Crippen MR) is 62.9 cm³/mol. The largest absolute Gasteiger partial charge is 0.344 e. The molecule has 0 aliphatic heterocycles. The molecule has 0 unspecified atom stereocenters. The van der Waals surface area contributed by atoms with E-state index in [0.717, 1.165) is 17.0 Å². The molecule has 0 aliphatic rings. The number of amides is 1. The zero-order valence-corrected chi connectivity index (χ0v) is 10.4. The number of nitrogens with one attached hydrogen (secondary N) is 1. The first kappa shape index (κ1) is 11.9. The smallest absolute Gasteiger partial charge is 0.282 e. The lowest BCUT2D eigenvalue weighted by molar-refractivity contribution is 0.0949. The number of rotatable bonds is 3. The molecule has 1 N–H and O–H groups in total. The van der Waals surface area contributed by atoms with Gasteiger partial charge in [0.05, 0.1) is 24.1 Å². The topological polar surface area (TPSA) is 80.7 Å². The van der Waals surface area contributed by atoms with Gasteiger partial charge >= 0.3 is 0 Å². The lowest BCUT2D eigenvalue weighted by atomic mass is 10.4. The van der Waals surface area contributed by atoms with Crippen molar-refractivity contribution in [3.8, 4) is 0 Å². The lowest BCUT2D eigenvalue weighted by Gasteiger charge is -2.01. The van der Waals surface area contributed by atoms with E-state index in [4.69, 9.17) is 11.6 Å². The minimum atomic E-state index is -0.322. The minimum absolute atomic E-state index is 0.232. The molecule has 6 nitrogen and oxygen atoms in total. The molecule has 0 saturated carbocycles. The average Bonchev–Trinajstić information content (AvgIpc) is 2.75. The van der Waals surface area contributed by atoms with Gasteiger partial charge in [0.25, 0.3) is 5.91 Å². The SMILES string of the molecule is Cc1cnc(CNC(=O)c2nnc(Cl)s2)cn1. The van der Waals surface area contributed by atoms with E-state index >= 15 is 0 Å². The Balaban J connectivity index is 1.94. The van der Waals surface area contributed by atoms with Crippen LogP contribution in [0.3, 0.4) is 0 Å². The third-order valence-corrected chi connectivity index (χ3v) is 2.88. The van der Waals surface area contributed by atoms with Crippen molar-refractivity contribution in [3.05, 3.63) is 33.3 Å². The number of hydrogen-bond acceptors (Lipinski definition) is 6. The first-order valence-electron chi connectivity index (χ1n) is 4.70. The van der Waals surface area contributed by atoms with Crippen molar-refractivity contribution >= 4 is 28.8 Å². The minimum Gasteiger partial charge on any atom is -0.344 e. The molecule has 0 atom stereocenters. The molecule has 1 amide bonds. The summed E-state index contributed by atoms with van der Waals surface area (Å²) in [6.45, 7) is 2.14. The first-order chi connectivity index (χ1) is 8.15. The second kappa shape index (κ2) is 5.15. The number of carbonyl (C=O) groups is 1. The van der Waals surface area contributed by atoms with Gasteiger partial charge in [-0.15, -0.1) is 10.2 Å². The monoisotopic (exact) mass is 269 g/mol. The van der Waals surface area contributed by atoms with Crippen molar-refractivity contribution in [1.82, 2.24) is 25.5 Å². The van der Waals surface area contributed by atoms with Crippen LogP contribution < -0.4 is 5.32 Å². The molecule has 88 valence electrons. The van der Waals surface area contributed by atoms with Gasteiger partial charge in [0, 0.05) is 6.20 Å². The first-order valence-corrected chi connectivity index (χ1v) is 5.89. The van der Waals surface area contributed by atoms with E-state index in [1.54, 1.807) is 12.4 Å². The van der Waals surface area contributed by atoms with Crippen LogP contribution in [0.2, 0.25) is 4.47 Å². The molecule has 0 aliphatic carbocycles. The van der Waals surface area contributed by atoms with Gasteiger partial charge in [-0.05, 0) is 18.5 Å². The van der Waals surface area contributed by atoms with Crippen LogP contribution in [0, 0.1) is 6.92 Å². The van der Waals surface area contributed by atoms with Gasteiger partial charge in [-0.3, -0.25) is 14.8 Å². The maximum atomic E-state index is 11.6. The molecule has 0 saturated heterocycles. The van der Waals surface area contributed by atoms with Crippen molar-refractivity contribution in [1.29, 1.82) is 0 Å². The Morgan fingerprint density at radius 1 is 1.41 bits per heavy atom. The van der Waals surface area contributed by atoms with Crippen LogP contribution >= 0.6 is 22.9 Å². The number of aryl methyl sites for hydroxylation is 1. The highest BCUT2D eigenvalue weighted by Gasteiger charge is 2.11. The number of aromatic nitrogens is 4. The Labute approximate surface area is 106 Å². The Hall–Kier alpha value is -1.60. The third kappa shape index (κ3) is 3.18. The van der Waals surface area contributed by atoms with Gasteiger partial charge in [-0.2, -0.15) is 0 Å². The van der Waals surface area contributed by atoms with Gasteiger partial charge in [0.1, 0.15) is 0 Å². The summed E-state index contributed by atoms with van der Waals surface area (Å²) in [5, 5.41) is 10.1. The highest BCUT2D eigenvalue weighted by atomic mass is 35.5. The molecule has 2 aromatic rings. The second-order valence-electron chi connectivity index (χ2n) is 3.19. The maximum Gasteiger partial charge on any atom is 0.282 e. The fourth-order valence-corrected chi connectivity index (χ4v) is 1.80. The van der Waals surface area contributed by atoms with Crippen LogP contribution in [0.1, 0.15) is 21.2 Å². The van der Waals surface area contributed by atoms with Crippen LogP contribution in [-0.2, 0) is 6.54 Å². The number of hydrogen-bond donors (Lipinski definition) is 1. The summed E-state index contributed by atoms with van der Waals surface area (Å²) in [5.41, 5.74) is 1.51. The number of halogens is 1. The van der Waals surface area contributed by atoms with Crippen LogP contribution in [0.15, 0.2) is 12.4 Å². The fraction of sp³-hybridized carbons (Fsp3) is 0.222. The molecule has 0 spiro atoms. The zero-order chi connectivity index (χ0) is 12.3. The van der Waals surface area contributed by atoms with Crippen LogP contribution in [-0.4, -0.2) is 26.1 Å². The zero-order valence-electron chi connectivity index (χ0n) is 8.85. The molecule has 0 fully saturated rings. The molecule has 17 heavy (non-hydrogen) atoms. The summed E-state index contributed by atoms with van der Waals surface area (Å²) in [6, 6.07) is 0. The van der Waals surface area contributed by atoms with Gasteiger partial charge < -0.3 is 5.32 Å². The molecular formula is C9H8ClN5OS. The average molecular weight is 270 g/mol. The third-order valence-electron chi connectivity index (χ3n) is 1.86. The molecule has 8 heteroatoms. The standard InChI is InChI=1S/C9H8ClN5OS/c1-5-2-12-6(3-11-5)4-13-7(16)8-14-15-9(10)17-8/h2-3H,4H2,1H3,(H,13,16). The van der Waals surface area contributed by atoms with E-state index in [0.29, 0.717) is 12.2 Å². The molecule has 2 heterocycles. The molecule has 2 aromatic heterocycles. The summed E-state index contributed by atoms with van der Waals surface area (Å²) < 4.78 is 0.241. The van der Waals surface area contributed by atoms with E-state index in [1.165, 1.54) is 0 Å². The predicted octanol–water partition coefficient (Wildman–Crippen LogP) is 1.22. The van der Waals surface area contributed by atoms with E-state index in [9.17, 15) is 4.79 Å². The van der Waals surface area contributed by atoms with Crippen LogP contribution in [0.4, 0.5) is 0 Å². The summed E-state index contributed by atoms with van der Waals surface area (Å²) in [6.07, 6.45) is 3.26. The molecule has 0 bridgehead atoms. The molecule has 0 aromatic carbocycles. The van der Waals surface area contributed by atoms with Gasteiger partial charge in [-0.25, -0.2) is 0 Å². The Bertz CT molecular complexity index is 526. The van der Waals surface area contributed by atoms with Gasteiger partial charge in [0.2, 0.25) is 9.47 Å². The van der Waals surface area contributed by atoms with Crippen LogP contribution in [0.25, 0.3) is 0 Å². The Kier molecular flexibility index (Phi) is 3.60. The molecular weight excluding hydrogens is 262 g/mol. The molecule has 0 radical (unpaired) electrons. The quantitative estimate of drug-likeness (QED) is 0.906. The van der Waals surface area contributed by atoms with E-state index in [1.807, 2.05) is 6.92 Å². The normalized spacial score (nSPS) is 10.2. The van der Waals surface area contributed by atoms with Crippen LogP contribution in [0.5, 0.6) is 0 Å². The van der Waals surface area contributed by atoms with E-state index in [2.05, 4.69) is 25.5 Å².